The molecule has 2 rings (SSSR count). The molecule has 0 saturated carbocycles. The van der Waals surface area contributed by atoms with Crippen molar-refractivity contribution in [3.63, 3.8) is 0 Å². The van der Waals surface area contributed by atoms with Gasteiger partial charge in [-0.25, -0.2) is 4.39 Å². The summed E-state index contributed by atoms with van der Waals surface area (Å²) >= 11 is 0. The highest BCUT2D eigenvalue weighted by Crippen LogP contribution is 2.23. The normalized spacial score (nSPS) is 19.4. The summed E-state index contributed by atoms with van der Waals surface area (Å²) in [5.41, 5.74) is 6.63. The van der Waals surface area contributed by atoms with Crippen LogP contribution in [-0.4, -0.2) is 49.1 Å². The molecule has 0 spiro atoms. The largest absolute Gasteiger partial charge is 0.329 e. The van der Waals surface area contributed by atoms with Crippen molar-refractivity contribution >= 4 is 0 Å². The number of nitrogens with zero attached hydrogens (tertiary/aromatic N) is 2. The minimum atomic E-state index is -0.146. The lowest BCUT2D eigenvalue weighted by atomic mass is 10.0. The van der Waals surface area contributed by atoms with Crippen LogP contribution in [0.4, 0.5) is 4.39 Å². The Hall–Kier alpha value is -0.970. The Morgan fingerprint density at radius 2 is 1.80 bits per heavy atom. The highest BCUT2D eigenvalue weighted by molar-refractivity contribution is 5.21. The van der Waals surface area contributed by atoms with Crippen molar-refractivity contribution in [2.75, 3.05) is 39.3 Å². The zero-order valence-corrected chi connectivity index (χ0v) is 12.6. The van der Waals surface area contributed by atoms with Gasteiger partial charge in [0, 0.05) is 44.8 Å². The van der Waals surface area contributed by atoms with Gasteiger partial charge in [-0.2, -0.15) is 0 Å². The lowest BCUT2D eigenvalue weighted by molar-refractivity contribution is 0.0899. The number of hydrogen-bond acceptors (Lipinski definition) is 3. The lowest BCUT2D eigenvalue weighted by Crippen LogP contribution is -2.49. The minimum absolute atomic E-state index is 0.00241. The molecule has 1 fully saturated rings. The number of rotatable bonds is 5. The highest BCUT2D eigenvalue weighted by atomic mass is 19.1. The molecular formula is C16H26FN3. The molecule has 1 heterocycles. The first-order valence-corrected chi connectivity index (χ1v) is 7.52. The fourth-order valence-corrected chi connectivity index (χ4v) is 2.99. The van der Waals surface area contributed by atoms with Crippen LogP contribution >= 0.6 is 0 Å². The SMILES string of the molecule is CC(C)CN1CCN(C(CN)c2ccccc2F)CC1. The average Bonchev–Trinajstić information content (AvgIpc) is 2.43. The van der Waals surface area contributed by atoms with E-state index in [1.807, 2.05) is 12.1 Å². The Labute approximate surface area is 121 Å². The van der Waals surface area contributed by atoms with Gasteiger partial charge in [0.25, 0.3) is 0 Å². The Morgan fingerprint density at radius 1 is 1.15 bits per heavy atom. The molecule has 0 aliphatic carbocycles. The molecule has 4 heteroatoms. The molecule has 1 atom stereocenters. The van der Waals surface area contributed by atoms with Crippen molar-refractivity contribution in [2.45, 2.75) is 19.9 Å². The summed E-state index contributed by atoms with van der Waals surface area (Å²) in [6.07, 6.45) is 0. The second-order valence-corrected chi connectivity index (χ2v) is 6.00. The predicted octanol–water partition coefficient (Wildman–Crippen LogP) is 2.10. The van der Waals surface area contributed by atoms with Gasteiger partial charge >= 0.3 is 0 Å². The van der Waals surface area contributed by atoms with Crippen molar-refractivity contribution in [1.82, 2.24) is 9.80 Å². The van der Waals surface area contributed by atoms with Crippen LogP contribution in [0.1, 0.15) is 25.5 Å². The van der Waals surface area contributed by atoms with Gasteiger partial charge in [-0.15, -0.1) is 0 Å². The standard InChI is InChI=1S/C16H26FN3/c1-13(2)12-19-7-9-20(10-8-19)16(11-18)14-5-3-4-6-15(14)17/h3-6,13,16H,7-12,18H2,1-2H3. The smallest absolute Gasteiger partial charge is 0.128 e. The van der Waals surface area contributed by atoms with Gasteiger partial charge in [-0.3, -0.25) is 4.90 Å². The van der Waals surface area contributed by atoms with Crippen LogP contribution in [0.5, 0.6) is 0 Å². The quantitative estimate of drug-likeness (QED) is 0.896. The molecule has 3 nitrogen and oxygen atoms in total. The van der Waals surface area contributed by atoms with Crippen LogP contribution in [0.2, 0.25) is 0 Å². The summed E-state index contributed by atoms with van der Waals surface area (Å²) in [7, 11) is 0. The maximum absolute atomic E-state index is 13.9. The molecule has 0 radical (unpaired) electrons. The Kier molecular flexibility index (Phi) is 5.52. The highest BCUT2D eigenvalue weighted by Gasteiger charge is 2.25. The second-order valence-electron chi connectivity index (χ2n) is 6.00. The summed E-state index contributed by atoms with van der Waals surface area (Å²) < 4.78 is 13.9. The molecule has 20 heavy (non-hydrogen) atoms. The number of nitrogens with two attached hydrogens (primary N) is 1. The van der Waals surface area contributed by atoms with E-state index in [0.717, 1.165) is 38.3 Å². The maximum atomic E-state index is 13.9. The van der Waals surface area contributed by atoms with E-state index >= 15 is 0 Å². The monoisotopic (exact) mass is 279 g/mol. The number of hydrogen-bond donors (Lipinski definition) is 1. The first-order valence-electron chi connectivity index (χ1n) is 7.52. The van der Waals surface area contributed by atoms with Crippen LogP contribution in [0.15, 0.2) is 24.3 Å². The molecule has 1 aliphatic heterocycles. The minimum Gasteiger partial charge on any atom is -0.329 e. The fourth-order valence-electron chi connectivity index (χ4n) is 2.99. The van der Waals surface area contributed by atoms with Crippen LogP contribution in [0.25, 0.3) is 0 Å². The van der Waals surface area contributed by atoms with E-state index in [1.54, 1.807) is 6.07 Å². The molecule has 1 unspecified atom stereocenters. The van der Waals surface area contributed by atoms with Crippen molar-refractivity contribution in [3.8, 4) is 0 Å². The zero-order chi connectivity index (χ0) is 14.5. The van der Waals surface area contributed by atoms with E-state index in [1.165, 1.54) is 6.07 Å². The molecule has 1 saturated heterocycles. The molecule has 0 aromatic heterocycles. The molecule has 1 aliphatic rings. The number of halogens is 1. The fraction of sp³-hybridized carbons (Fsp3) is 0.625. The first-order chi connectivity index (χ1) is 9.61. The zero-order valence-electron chi connectivity index (χ0n) is 12.6. The number of benzene rings is 1. The maximum Gasteiger partial charge on any atom is 0.128 e. The average molecular weight is 279 g/mol. The van der Waals surface area contributed by atoms with E-state index in [4.69, 9.17) is 5.73 Å². The van der Waals surface area contributed by atoms with Crippen LogP contribution in [0.3, 0.4) is 0 Å². The molecule has 112 valence electrons. The molecule has 2 N–H and O–H groups in total. The van der Waals surface area contributed by atoms with Gasteiger partial charge in [0.1, 0.15) is 5.82 Å². The summed E-state index contributed by atoms with van der Waals surface area (Å²) in [6, 6.07) is 6.99. The van der Waals surface area contributed by atoms with Crippen molar-refractivity contribution in [3.05, 3.63) is 35.6 Å². The third-order valence-electron chi connectivity index (χ3n) is 3.96. The summed E-state index contributed by atoms with van der Waals surface area (Å²) in [6.45, 7) is 10.1. The van der Waals surface area contributed by atoms with Gasteiger partial charge in [0.15, 0.2) is 0 Å². The van der Waals surface area contributed by atoms with Crippen LogP contribution in [-0.2, 0) is 0 Å². The summed E-state index contributed by atoms with van der Waals surface area (Å²) in [4.78, 5) is 4.80. The van der Waals surface area contributed by atoms with Crippen LogP contribution in [0, 0.1) is 11.7 Å². The Balaban J connectivity index is 1.99. The molecule has 1 aromatic carbocycles. The van der Waals surface area contributed by atoms with E-state index in [-0.39, 0.29) is 11.9 Å². The third-order valence-corrected chi connectivity index (χ3v) is 3.96. The van der Waals surface area contributed by atoms with Gasteiger partial charge in [-0.1, -0.05) is 32.0 Å². The topological polar surface area (TPSA) is 32.5 Å². The molecule has 1 aromatic rings. The first kappa shape index (κ1) is 15.4. The Morgan fingerprint density at radius 3 is 2.35 bits per heavy atom. The van der Waals surface area contributed by atoms with Crippen molar-refractivity contribution in [1.29, 1.82) is 0 Å². The lowest BCUT2D eigenvalue weighted by Gasteiger charge is -2.39. The molecular weight excluding hydrogens is 253 g/mol. The van der Waals surface area contributed by atoms with E-state index in [9.17, 15) is 4.39 Å². The van der Waals surface area contributed by atoms with Gasteiger partial charge in [0.2, 0.25) is 0 Å². The third kappa shape index (κ3) is 3.78. The summed E-state index contributed by atoms with van der Waals surface area (Å²) in [5, 5.41) is 0. The second kappa shape index (κ2) is 7.16. The van der Waals surface area contributed by atoms with E-state index < -0.39 is 0 Å². The van der Waals surface area contributed by atoms with Crippen molar-refractivity contribution < 1.29 is 4.39 Å². The van der Waals surface area contributed by atoms with Gasteiger partial charge in [0.05, 0.1) is 6.04 Å². The predicted molar refractivity (Wildman–Crippen MR) is 81.0 cm³/mol. The van der Waals surface area contributed by atoms with Crippen molar-refractivity contribution in [2.24, 2.45) is 11.7 Å². The molecule has 0 bridgehead atoms. The van der Waals surface area contributed by atoms with E-state index in [2.05, 4.69) is 23.6 Å². The van der Waals surface area contributed by atoms with Gasteiger partial charge in [-0.05, 0) is 12.0 Å². The number of piperazine rings is 1. The van der Waals surface area contributed by atoms with E-state index in [0.29, 0.717) is 12.5 Å². The summed E-state index contributed by atoms with van der Waals surface area (Å²) in [5.74, 6) is 0.547. The molecule has 0 amide bonds. The van der Waals surface area contributed by atoms with Gasteiger partial charge < -0.3 is 10.6 Å². The Bertz CT molecular complexity index is 414. The van der Waals surface area contributed by atoms with Crippen LogP contribution < -0.4 is 5.73 Å².